The number of aryl methyl sites for hydroxylation is 1. The van der Waals surface area contributed by atoms with Crippen molar-refractivity contribution >= 4 is 35.0 Å². The summed E-state index contributed by atoms with van der Waals surface area (Å²) in [5.41, 5.74) is 3.11. The van der Waals surface area contributed by atoms with Gasteiger partial charge in [0.15, 0.2) is 11.0 Å². The van der Waals surface area contributed by atoms with Crippen molar-refractivity contribution < 1.29 is 9.53 Å². The minimum Gasteiger partial charge on any atom is -0.484 e. The molecule has 0 saturated heterocycles. The van der Waals surface area contributed by atoms with E-state index < -0.39 is 0 Å². The lowest BCUT2D eigenvalue weighted by Crippen LogP contribution is -2.17. The van der Waals surface area contributed by atoms with Crippen molar-refractivity contribution in [3.05, 3.63) is 64.4 Å². The lowest BCUT2D eigenvalue weighted by molar-refractivity contribution is -0.113. The third-order valence-corrected chi connectivity index (χ3v) is 6.62. The van der Waals surface area contributed by atoms with Crippen LogP contribution in [0.4, 0.5) is 5.69 Å². The second kappa shape index (κ2) is 9.96. The molecule has 1 amide bonds. The standard InChI is InChI=1S/C24H27ClN4O2S/c1-15(2)18-8-6-7-16(3)23(18)26-22(30)14-32-24-28-27-21(29(24)17-11-12-17)13-31-20-10-5-4-9-19(20)25/h4-10,15,17H,11-14H2,1-3H3,(H,26,30). The summed E-state index contributed by atoms with van der Waals surface area (Å²) in [5, 5.41) is 13.1. The molecule has 32 heavy (non-hydrogen) atoms. The fourth-order valence-electron chi connectivity index (χ4n) is 3.56. The number of para-hydroxylation sites is 2. The Labute approximate surface area is 197 Å². The first-order valence-corrected chi connectivity index (χ1v) is 12.1. The molecular formula is C24H27ClN4O2S. The predicted molar refractivity (Wildman–Crippen MR) is 129 cm³/mol. The van der Waals surface area contributed by atoms with E-state index in [2.05, 4.69) is 40.0 Å². The number of thioether (sulfide) groups is 1. The van der Waals surface area contributed by atoms with Crippen molar-refractivity contribution in [1.29, 1.82) is 0 Å². The van der Waals surface area contributed by atoms with Gasteiger partial charge in [0, 0.05) is 11.7 Å². The molecule has 1 heterocycles. The predicted octanol–water partition coefficient (Wildman–Crippen LogP) is 6.01. The summed E-state index contributed by atoms with van der Waals surface area (Å²) in [6.07, 6.45) is 2.16. The van der Waals surface area contributed by atoms with Gasteiger partial charge in [-0.05, 0) is 48.9 Å². The normalized spacial score (nSPS) is 13.4. The van der Waals surface area contributed by atoms with Gasteiger partial charge in [0.05, 0.1) is 10.8 Å². The maximum atomic E-state index is 12.7. The third kappa shape index (κ3) is 5.27. The summed E-state index contributed by atoms with van der Waals surface area (Å²) in [6.45, 7) is 6.55. The number of hydrogen-bond donors (Lipinski definition) is 1. The van der Waals surface area contributed by atoms with E-state index >= 15 is 0 Å². The van der Waals surface area contributed by atoms with Gasteiger partial charge in [-0.3, -0.25) is 9.36 Å². The van der Waals surface area contributed by atoms with Crippen LogP contribution < -0.4 is 10.1 Å². The second-order valence-electron chi connectivity index (χ2n) is 8.25. The molecule has 0 radical (unpaired) electrons. The van der Waals surface area contributed by atoms with Gasteiger partial charge in [-0.2, -0.15) is 0 Å². The molecule has 1 N–H and O–H groups in total. The molecule has 2 aromatic carbocycles. The molecule has 8 heteroatoms. The molecule has 1 aliphatic carbocycles. The van der Waals surface area contributed by atoms with Gasteiger partial charge in [-0.25, -0.2) is 0 Å². The topological polar surface area (TPSA) is 69.0 Å². The van der Waals surface area contributed by atoms with Crippen molar-refractivity contribution in [3.8, 4) is 5.75 Å². The Kier molecular flexibility index (Phi) is 7.06. The highest BCUT2D eigenvalue weighted by Crippen LogP contribution is 2.39. The number of carbonyl (C=O) groups is 1. The van der Waals surface area contributed by atoms with Crippen molar-refractivity contribution in [2.24, 2.45) is 0 Å². The largest absolute Gasteiger partial charge is 0.484 e. The summed E-state index contributed by atoms with van der Waals surface area (Å²) in [4.78, 5) is 12.7. The Balaban J connectivity index is 1.42. The monoisotopic (exact) mass is 470 g/mol. The highest BCUT2D eigenvalue weighted by atomic mass is 35.5. The maximum absolute atomic E-state index is 12.7. The molecule has 0 atom stereocenters. The minimum atomic E-state index is -0.0505. The molecule has 4 rings (SSSR count). The highest BCUT2D eigenvalue weighted by molar-refractivity contribution is 7.99. The number of ether oxygens (including phenoxy) is 1. The number of rotatable bonds is 9. The number of carbonyl (C=O) groups excluding carboxylic acids is 1. The van der Waals surface area contributed by atoms with Gasteiger partial charge in [0.1, 0.15) is 12.4 Å². The molecular weight excluding hydrogens is 444 g/mol. The summed E-state index contributed by atoms with van der Waals surface area (Å²) in [7, 11) is 0. The van der Waals surface area contributed by atoms with E-state index in [4.69, 9.17) is 16.3 Å². The van der Waals surface area contributed by atoms with E-state index in [0.717, 1.165) is 40.6 Å². The zero-order chi connectivity index (χ0) is 22.7. The number of benzene rings is 2. The fraction of sp³-hybridized carbons (Fsp3) is 0.375. The average Bonchev–Trinajstić information content (AvgIpc) is 3.53. The van der Waals surface area contributed by atoms with Crippen molar-refractivity contribution in [2.45, 2.75) is 57.3 Å². The van der Waals surface area contributed by atoms with Gasteiger partial charge in [0.2, 0.25) is 5.91 Å². The van der Waals surface area contributed by atoms with E-state index in [9.17, 15) is 4.79 Å². The van der Waals surface area contributed by atoms with Crippen molar-refractivity contribution in [2.75, 3.05) is 11.1 Å². The van der Waals surface area contributed by atoms with E-state index in [0.29, 0.717) is 22.7 Å². The molecule has 1 fully saturated rings. The maximum Gasteiger partial charge on any atom is 0.234 e. The molecule has 0 unspecified atom stereocenters. The smallest absolute Gasteiger partial charge is 0.234 e. The first-order chi connectivity index (χ1) is 15.4. The van der Waals surface area contributed by atoms with Crippen molar-refractivity contribution in [3.63, 3.8) is 0 Å². The SMILES string of the molecule is Cc1cccc(C(C)C)c1NC(=O)CSc1nnc(COc2ccccc2Cl)n1C1CC1. The molecule has 0 aliphatic heterocycles. The van der Waals surface area contributed by atoms with Crippen molar-refractivity contribution in [1.82, 2.24) is 14.8 Å². The molecule has 3 aromatic rings. The van der Waals surface area contributed by atoms with Gasteiger partial charge in [-0.1, -0.05) is 67.5 Å². The van der Waals surface area contributed by atoms with E-state index in [1.165, 1.54) is 11.8 Å². The lowest BCUT2D eigenvalue weighted by atomic mass is 9.98. The van der Waals surface area contributed by atoms with Crippen LogP contribution in [0.1, 0.15) is 55.6 Å². The van der Waals surface area contributed by atoms with Crippen LogP contribution in [0.25, 0.3) is 0 Å². The first-order valence-electron chi connectivity index (χ1n) is 10.8. The molecule has 1 aromatic heterocycles. The summed E-state index contributed by atoms with van der Waals surface area (Å²) < 4.78 is 7.96. The number of hydrogen-bond acceptors (Lipinski definition) is 5. The van der Waals surface area contributed by atoms with Gasteiger partial charge < -0.3 is 10.1 Å². The Morgan fingerprint density at radius 1 is 1.22 bits per heavy atom. The Morgan fingerprint density at radius 3 is 2.72 bits per heavy atom. The number of nitrogens with zero attached hydrogens (tertiary/aromatic N) is 3. The number of nitrogens with one attached hydrogen (secondary N) is 1. The van der Waals surface area contributed by atoms with Crippen LogP contribution in [0.15, 0.2) is 47.6 Å². The van der Waals surface area contributed by atoms with Crippen LogP contribution in [-0.4, -0.2) is 26.4 Å². The summed E-state index contributed by atoms with van der Waals surface area (Å²) in [6, 6.07) is 13.8. The molecule has 1 aliphatic rings. The van der Waals surface area contributed by atoms with Gasteiger partial charge in [0.25, 0.3) is 0 Å². The lowest BCUT2D eigenvalue weighted by Gasteiger charge is -2.16. The van der Waals surface area contributed by atoms with Crippen LogP contribution in [0, 0.1) is 6.92 Å². The number of aromatic nitrogens is 3. The second-order valence-corrected chi connectivity index (χ2v) is 9.60. The average molecular weight is 471 g/mol. The minimum absolute atomic E-state index is 0.0505. The number of halogens is 1. The van der Waals surface area contributed by atoms with E-state index in [-0.39, 0.29) is 18.3 Å². The Bertz CT molecular complexity index is 1110. The molecule has 1 saturated carbocycles. The van der Waals surface area contributed by atoms with Crippen LogP contribution in [0.2, 0.25) is 5.02 Å². The fourth-order valence-corrected chi connectivity index (χ4v) is 4.57. The summed E-state index contributed by atoms with van der Waals surface area (Å²) in [5.74, 6) is 1.91. The van der Waals surface area contributed by atoms with Crippen LogP contribution in [-0.2, 0) is 11.4 Å². The van der Waals surface area contributed by atoms with Gasteiger partial charge >= 0.3 is 0 Å². The highest BCUT2D eigenvalue weighted by Gasteiger charge is 2.30. The molecule has 0 spiro atoms. The quantitative estimate of drug-likeness (QED) is 0.388. The van der Waals surface area contributed by atoms with E-state index in [1.54, 1.807) is 6.07 Å². The van der Waals surface area contributed by atoms with Crippen LogP contribution in [0.3, 0.4) is 0 Å². The molecule has 0 bridgehead atoms. The zero-order valence-corrected chi connectivity index (χ0v) is 20.0. The molecule has 168 valence electrons. The number of amides is 1. The van der Waals surface area contributed by atoms with Crippen LogP contribution in [0.5, 0.6) is 5.75 Å². The van der Waals surface area contributed by atoms with Gasteiger partial charge in [-0.15, -0.1) is 10.2 Å². The first kappa shape index (κ1) is 22.7. The summed E-state index contributed by atoms with van der Waals surface area (Å²) >= 11 is 7.59. The Morgan fingerprint density at radius 2 is 2.00 bits per heavy atom. The number of anilines is 1. The Hall–Kier alpha value is -2.51. The van der Waals surface area contributed by atoms with Crippen LogP contribution >= 0.6 is 23.4 Å². The molecule has 6 nitrogen and oxygen atoms in total. The zero-order valence-electron chi connectivity index (χ0n) is 18.5. The van der Waals surface area contributed by atoms with E-state index in [1.807, 2.05) is 37.3 Å². The third-order valence-electron chi connectivity index (χ3n) is 5.36.